The highest BCUT2D eigenvalue weighted by Gasteiger charge is 2.40. The summed E-state index contributed by atoms with van der Waals surface area (Å²) in [5.74, 6) is 0.391. The first-order valence-corrected chi connectivity index (χ1v) is 10.5. The predicted molar refractivity (Wildman–Crippen MR) is 106 cm³/mol. The van der Waals surface area contributed by atoms with Crippen LogP contribution in [-0.2, 0) is 16.1 Å². The van der Waals surface area contributed by atoms with Gasteiger partial charge in [-0.25, -0.2) is 4.99 Å². The topological polar surface area (TPSA) is 79.6 Å². The first kappa shape index (κ1) is 18.3. The third-order valence-electron chi connectivity index (χ3n) is 5.05. The normalized spacial score (nSPS) is 24.3. The van der Waals surface area contributed by atoms with Crippen molar-refractivity contribution < 1.29 is 9.59 Å². The molecule has 0 radical (unpaired) electrons. The number of amidine groups is 1. The van der Waals surface area contributed by atoms with Gasteiger partial charge in [-0.15, -0.1) is 0 Å². The lowest BCUT2D eigenvalue weighted by Crippen LogP contribution is -2.37. The Morgan fingerprint density at radius 1 is 1.37 bits per heavy atom. The third kappa shape index (κ3) is 4.43. The summed E-state index contributed by atoms with van der Waals surface area (Å²) in [7, 11) is 0. The Bertz CT molecular complexity index is 775. The molecule has 2 fully saturated rings. The van der Waals surface area contributed by atoms with E-state index in [1.54, 1.807) is 11.1 Å². The number of carbonyl (C=O) groups excluding carboxylic acids is 2. The molecular weight excluding hydrogens is 362 g/mol. The molecule has 0 bridgehead atoms. The molecule has 4 rings (SSSR count). The summed E-state index contributed by atoms with van der Waals surface area (Å²) in [6, 6.07) is 0.313. The molecule has 2 heterocycles. The number of hydrogen-bond acceptors (Lipinski definition) is 5. The van der Waals surface area contributed by atoms with Crippen LogP contribution in [0.2, 0.25) is 0 Å². The van der Waals surface area contributed by atoms with Gasteiger partial charge >= 0.3 is 0 Å². The summed E-state index contributed by atoms with van der Waals surface area (Å²) in [5.41, 5.74) is 0.741. The zero-order chi connectivity index (χ0) is 18.8. The number of rotatable bonds is 7. The van der Waals surface area contributed by atoms with Gasteiger partial charge in [0.25, 0.3) is 0 Å². The Labute approximate surface area is 163 Å². The van der Waals surface area contributed by atoms with Crippen molar-refractivity contribution in [3.05, 3.63) is 24.5 Å². The van der Waals surface area contributed by atoms with Crippen molar-refractivity contribution >= 4 is 34.4 Å². The highest BCUT2D eigenvalue weighted by Crippen LogP contribution is 2.34. The molecule has 1 unspecified atom stereocenters. The molecule has 1 saturated heterocycles. The second-order valence-corrected chi connectivity index (χ2v) is 8.53. The number of nitrogens with one attached hydrogen (secondary N) is 1. The number of allylic oxidation sites excluding steroid dienone is 2. The molecule has 1 saturated carbocycles. The fraction of sp³-hybridized carbons (Fsp3) is 0.579. The van der Waals surface area contributed by atoms with Crippen molar-refractivity contribution in [3.63, 3.8) is 0 Å². The molecule has 0 aromatic carbocycles. The monoisotopic (exact) mass is 387 g/mol. The van der Waals surface area contributed by atoms with Crippen LogP contribution in [-0.4, -0.2) is 49.5 Å². The molecule has 1 N–H and O–H groups in total. The number of carbonyl (C=O) groups is 2. The second kappa shape index (κ2) is 7.88. The number of amides is 2. The fourth-order valence-corrected chi connectivity index (χ4v) is 4.52. The maximum absolute atomic E-state index is 13.0. The van der Waals surface area contributed by atoms with Crippen LogP contribution in [0, 0.1) is 5.92 Å². The summed E-state index contributed by atoms with van der Waals surface area (Å²) < 4.78 is 1.81. The van der Waals surface area contributed by atoms with Crippen LogP contribution in [0.25, 0.3) is 0 Å². The number of nitrogens with zero attached hydrogens (tertiary/aromatic N) is 4. The zero-order valence-corrected chi connectivity index (χ0v) is 16.3. The Balaban J connectivity index is 1.49. The quantitative estimate of drug-likeness (QED) is 0.729. The third-order valence-corrected chi connectivity index (χ3v) is 6.22. The lowest BCUT2D eigenvalue weighted by molar-refractivity contribution is -0.129. The van der Waals surface area contributed by atoms with Crippen molar-refractivity contribution in [1.29, 1.82) is 0 Å². The number of hydrogen-bond donors (Lipinski definition) is 1. The number of thioether (sulfide) groups is 1. The van der Waals surface area contributed by atoms with Gasteiger partial charge in [0.2, 0.25) is 11.8 Å². The highest BCUT2D eigenvalue weighted by molar-refractivity contribution is 8.15. The van der Waals surface area contributed by atoms with E-state index in [0.717, 1.165) is 37.9 Å². The summed E-state index contributed by atoms with van der Waals surface area (Å²) in [5, 5.41) is 7.53. The molecule has 1 aliphatic heterocycles. The molecule has 7 nitrogen and oxygen atoms in total. The van der Waals surface area contributed by atoms with E-state index in [1.807, 2.05) is 17.8 Å². The summed E-state index contributed by atoms with van der Waals surface area (Å²) in [4.78, 5) is 31.6. The molecule has 8 heteroatoms. The zero-order valence-electron chi connectivity index (χ0n) is 15.5. The van der Waals surface area contributed by atoms with E-state index in [1.165, 1.54) is 11.8 Å². The lowest BCUT2D eigenvalue weighted by atomic mass is 10.1. The Morgan fingerprint density at radius 3 is 2.81 bits per heavy atom. The van der Waals surface area contributed by atoms with E-state index < -0.39 is 5.25 Å². The summed E-state index contributed by atoms with van der Waals surface area (Å²) in [6.07, 6.45) is 12.2. The van der Waals surface area contributed by atoms with E-state index in [2.05, 4.69) is 27.6 Å². The molecule has 2 aliphatic carbocycles. The van der Waals surface area contributed by atoms with Crippen LogP contribution in [0.3, 0.4) is 0 Å². The van der Waals surface area contributed by atoms with Gasteiger partial charge in [-0.1, -0.05) is 23.9 Å². The van der Waals surface area contributed by atoms with Gasteiger partial charge in [-0.05, 0) is 38.5 Å². The van der Waals surface area contributed by atoms with Gasteiger partial charge in [0.15, 0.2) is 5.17 Å². The van der Waals surface area contributed by atoms with Crippen LogP contribution < -0.4 is 5.32 Å². The molecule has 3 aliphatic rings. The van der Waals surface area contributed by atoms with Crippen molar-refractivity contribution in [2.75, 3.05) is 6.54 Å². The molecule has 144 valence electrons. The fourth-order valence-electron chi connectivity index (χ4n) is 3.35. The first-order valence-electron chi connectivity index (χ1n) is 9.66. The standard InChI is InChI=1S/C19H25N5O2S/c1-2-23-12-15(10-20-23)22-19-24(11-13-5-3-4-6-13)18(26)16(27-19)9-17(25)21-14-7-8-14/h3-4,10,12-14,16H,2,5-9,11H2,1H3,(H,21,25). The van der Waals surface area contributed by atoms with Crippen LogP contribution in [0.4, 0.5) is 5.69 Å². The maximum Gasteiger partial charge on any atom is 0.242 e. The molecule has 1 aromatic rings. The van der Waals surface area contributed by atoms with Crippen molar-refractivity contribution in [2.24, 2.45) is 10.9 Å². The summed E-state index contributed by atoms with van der Waals surface area (Å²) in [6.45, 7) is 3.45. The Kier molecular flexibility index (Phi) is 5.33. The molecule has 2 amide bonds. The van der Waals surface area contributed by atoms with Crippen molar-refractivity contribution in [1.82, 2.24) is 20.0 Å². The minimum absolute atomic E-state index is 0.000481. The van der Waals surface area contributed by atoms with Crippen LogP contribution in [0.1, 0.15) is 39.0 Å². The minimum atomic E-state index is -0.391. The van der Waals surface area contributed by atoms with Gasteiger partial charge in [-0.2, -0.15) is 5.10 Å². The Morgan fingerprint density at radius 2 is 2.15 bits per heavy atom. The van der Waals surface area contributed by atoms with Crippen molar-refractivity contribution in [3.8, 4) is 0 Å². The minimum Gasteiger partial charge on any atom is -0.353 e. The molecule has 1 aromatic heterocycles. The van der Waals surface area contributed by atoms with Gasteiger partial charge in [0.1, 0.15) is 10.9 Å². The van der Waals surface area contributed by atoms with Crippen LogP contribution >= 0.6 is 11.8 Å². The average Bonchev–Trinajstić information content (AvgIpc) is 3.05. The van der Waals surface area contributed by atoms with Gasteiger partial charge in [0, 0.05) is 25.6 Å². The molecule has 27 heavy (non-hydrogen) atoms. The summed E-state index contributed by atoms with van der Waals surface area (Å²) >= 11 is 1.41. The van der Waals surface area contributed by atoms with E-state index in [9.17, 15) is 9.59 Å². The number of aromatic nitrogens is 2. The molecule has 1 atom stereocenters. The predicted octanol–water partition coefficient (Wildman–Crippen LogP) is 2.47. The average molecular weight is 388 g/mol. The molecule has 0 spiro atoms. The van der Waals surface area contributed by atoms with Crippen LogP contribution in [0.5, 0.6) is 0 Å². The smallest absolute Gasteiger partial charge is 0.242 e. The first-order chi connectivity index (χ1) is 13.1. The Hall–Kier alpha value is -2.09. The van der Waals surface area contributed by atoms with E-state index in [-0.39, 0.29) is 18.2 Å². The second-order valence-electron chi connectivity index (χ2n) is 7.36. The van der Waals surface area contributed by atoms with Crippen LogP contribution in [0.15, 0.2) is 29.5 Å². The van der Waals surface area contributed by atoms with E-state index >= 15 is 0 Å². The maximum atomic E-state index is 13.0. The lowest BCUT2D eigenvalue weighted by Gasteiger charge is -2.20. The largest absolute Gasteiger partial charge is 0.353 e. The van der Waals surface area contributed by atoms with Gasteiger partial charge < -0.3 is 5.32 Å². The van der Waals surface area contributed by atoms with Gasteiger partial charge in [0.05, 0.1) is 12.4 Å². The molecular formula is C19H25N5O2S. The van der Waals surface area contributed by atoms with E-state index in [4.69, 9.17) is 0 Å². The van der Waals surface area contributed by atoms with E-state index in [0.29, 0.717) is 23.7 Å². The van der Waals surface area contributed by atoms with Crippen molar-refractivity contribution in [2.45, 2.75) is 56.9 Å². The van der Waals surface area contributed by atoms with Gasteiger partial charge in [-0.3, -0.25) is 19.2 Å². The highest BCUT2D eigenvalue weighted by atomic mass is 32.2. The SMILES string of the molecule is CCn1cc(N=C2SC(CC(=O)NC3CC3)C(=O)N2CC2CC=CC2)cn1. The number of aryl methyl sites for hydroxylation is 1. The number of aliphatic imine (C=N–C) groups is 1.